The van der Waals surface area contributed by atoms with Gasteiger partial charge < -0.3 is 13.6 Å². The monoisotopic (exact) mass is 369 g/mol. The van der Waals surface area contributed by atoms with Crippen molar-refractivity contribution in [3.05, 3.63) is 29.0 Å². The second-order valence-electron chi connectivity index (χ2n) is 5.32. The molecule has 1 aromatic rings. The third kappa shape index (κ3) is 6.40. The molecular formula is C11H15NO9S2. The van der Waals surface area contributed by atoms with E-state index < -0.39 is 43.4 Å². The third-order valence-corrected chi connectivity index (χ3v) is 3.10. The van der Waals surface area contributed by atoms with E-state index in [0.29, 0.717) is 4.74 Å². The molecule has 23 heavy (non-hydrogen) atoms. The minimum absolute atomic E-state index is 0.385. The molecule has 0 fully saturated rings. The van der Waals surface area contributed by atoms with Crippen LogP contribution in [-0.2, 0) is 20.8 Å². The number of hydroxylamine groups is 1. The van der Waals surface area contributed by atoms with Gasteiger partial charge >= 0.3 is 20.8 Å². The summed E-state index contributed by atoms with van der Waals surface area (Å²) < 4.78 is 69.8. The van der Waals surface area contributed by atoms with Crippen molar-refractivity contribution < 1.29 is 39.0 Å². The zero-order chi connectivity index (χ0) is 18.1. The Morgan fingerprint density at radius 2 is 1.43 bits per heavy atom. The molecule has 0 bridgehead atoms. The first-order valence-electron chi connectivity index (χ1n) is 5.97. The first-order chi connectivity index (χ1) is 10.2. The Kier molecular flexibility index (Phi) is 5.26. The Morgan fingerprint density at radius 1 is 1.04 bits per heavy atom. The van der Waals surface area contributed by atoms with Gasteiger partial charge in [0.2, 0.25) is 0 Å². The fraction of sp³-hybridized carbons (Fsp3) is 0.364. The van der Waals surface area contributed by atoms with Crippen LogP contribution in [0.2, 0.25) is 0 Å². The largest absolute Gasteiger partial charge is 0.623 e. The molecular weight excluding hydrogens is 354 g/mol. The van der Waals surface area contributed by atoms with Gasteiger partial charge in [0.15, 0.2) is 23.3 Å². The molecule has 1 aromatic carbocycles. The lowest BCUT2D eigenvalue weighted by Crippen LogP contribution is -2.29. The molecule has 0 heterocycles. The molecule has 1 rings (SSSR count). The summed E-state index contributed by atoms with van der Waals surface area (Å²) in [6.45, 7) is 4.60. The lowest BCUT2D eigenvalue weighted by atomic mass is 10.1. The molecule has 130 valence electrons. The minimum Gasteiger partial charge on any atom is -0.623 e. The van der Waals surface area contributed by atoms with Crippen LogP contribution in [0.25, 0.3) is 0 Å². The van der Waals surface area contributed by atoms with Gasteiger partial charge in [0, 0.05) is 20.8 Å². The Balaban J connectivity index is 3.58. The molecule has 0 radical (unpaired) electrons. The molecule has 0 aliphatic heterocycles. The number of rotatable bonds is 5. The summed E-state index contributed by atoms with van der Waals surface area (Å²) in [5, 5.41) is 12.0. The molecule has 0 saturated heterocycles. The van der Waals surface area contributed by atoms with Gasteiger partial charge in [-0.1, -0.05) is 6.07 Å². The summed E-state index contributed by atoms with van der Waals surface area (Å²) >= 11 is 0. The van der Waals surface area contributed by atoms with E-state index in [1.807, 2.05) is 0 Å². The number of benzene rings is 1. The van der Waals surface area contributed by atoms with Crippen molar-refractivity contribution >= 4 is 27.0 Å². The average molecular weight is 369 g/mol. The lowest BCUT2D eigenvalue weighted by Gasteiger charge is -2.19. The van der Waals surface area contributed by atoms with Gasteiger partial charge in [-0.25, -0.2) is 4.74 Å². The molecule has 12 heteroatoms. The van der Waals surface area contributed by atoms with E-state index in [4.69, 9.17) is 9.11 Å². The van der Waals surface area contributed by atoms with Crippen LogP contribution in [0.1, 0.15) is 26.3 Å². The Morgan fingerprint density at radius 3 is 1.74 bits per heavy atom. The fourth-order valence-electron chi connectivity index (χ4n) is 1.33. The van der Waals surface area contributed by atoms with Crippen LogP contribution in [-0.4, -0.2) is 42.4 Å². The smallest absolute Gasteiger partial charge is 0.446 e. The van der Waals surface area contributed by atoms with E-state index >= 15 is 0 Å². The maximum absolute atomic E-state index is 12.0. The Labute approximate surface area is 133 Å². The van der Waals surface area contributed by atoms with Crippen LogP contribution >= 0.6 is 0 Å². The van der Waals surface area contributed by atoms with Crippen molar-refractivity contribution in [2.75, 3.05) is 0 Å². The zero-order valence-electron chi connectivity index (χ0n) is 12.3. The van der Waals surface area contributed by atoms with Gasteiger partial charge in [-0.2, -0.15) is 16.8 Å². The van der Waals surface area contributed by atoms with E-state index in [0.717, 1.165) is 24.4 Å². The van der Waals surface area contributed by atoms with Gasteiger partial charge in [0.25, 0.3) is 0 Å². The highest BCUT2D eigenvalue weighted by atomic mass is 32.3. The van der Waals surface area contributed by atoms with Gasteiger partial charge in [0.05, 0.1) is 0 Å². The first kappa shape index (κ1) is 19.2. The van der Waals surface area contributed by atoms with E-state index in [1.54, 1.807) is 0 Å². The van der Waals surface area contributed by atoms with E-state index in [1.165, 1.54) is 20.8 Å². The fourth-order valence-corrected chi connectivity index (χ4v) is 2.08. The summed E-state index contributed by atoms with van der Waals surface area (Å²) in [4.78, 5) is 0. The zero-order valence-corrected chi connectivity index (χ0v) is 14.0. The first-order valence-corrected chi connectivity index (χ1v) is 8.70. The van der Waals surface area contributed by atoms with Crippen molar-refractivity contribution in [3.8, 4) is 11.5 Å². The number of hydrogen-bond donors (Lipinski definition) is 2. The van der Waals surface area contributed by atoms with Crippen LogP contribution in [0.15, 0.2) is 18.2 Å². The van der Waals surface area contributed by atoms with Crippen LogP contribution in [0.4, 0.5) is 0 Å². The highest BCUT2D eigenvalue weighted by Gasteiger charge is 2.24. The molecule has 0 amide bonds. The van der Waals surface area contributed by atoms with Gasteiger partial charge in [-0.05, 0) is 12.1 Å². The predicted molar refractivity (Wildman–Crippen MR) is 79.3 cm³/mol. The predicted octanol–water partition coefficient (Wildman–Crippen LogP) is 0.778. The quantitative estimate of drug-likeness (QED) is 0.252. The normalized spacial score (nSPS) is 13.7. The molecule has 10 nitrogen and oxygen atoms in total. The van der Waals surface area contributed by atoms with Crippen molar-refractivity contribution in [2.24, 2.45) is 0 Å². The van der Waals surface area contributed by atoms with E-state index in [9.17, 15) is 22.0 Å². The molecule has 0 unspecified atom stereocenters. The summed E-state index contributed by atoms with van der Waals surface area (Å²) in [6.07, 6.45) is 0.807. The molecule has 2 N–H and O–H groups in total. The van der Waals surface area contributed by atoms with Crippen LogP contribution in [0.5, 0.6) is 11.5 Å². The molecule has 0 aromatic heterocycles. The molecule has 0 spiro atoms. The van der Waals surface area contributed by atoms with Gasteiger partial charge in [-0.3, -0.25) is 9.11 Å². The van der Waals surface area contributed by atoms with Crippen molar-refractivity contribution in [3.63, 3.8) is 0 Å². The summed E-state index contributed by atoms with van der Waals surface area (Å²) in [5.41, 5.74) is -1.37. The minimum atomic E-state index is -4.94. The van der Waals surface area contributed by atoms with E-state index in [2.05, 4.69) is 8.37 Å². The van der Waals surface area contributed by atoms with Crippen molar-refractivity contribution in [1.29, 1.82) is 0 Å². The number of nitrogens with zero attached hydrogens (tertiary/aromatic N) is 1. The van der Waals surface area contributed by atoms with Crippen molar-refractivity contribution in [2.45, 2.75) is 26.3 Å². The van der Waals surface area contributed by atoms with Crippen LogP contribution < -0.4 is 8.37 Å². The second-order valence-corrected chi connectivity index (χ2v) is 7.36. The van der Waals surface area contributed by atoms with E-state index in [-0.39, 0.29) is 0 Å². The molecule has 0 saturated carbocycles. The Hall–Kier alpha value is -1.89. The van der Waals surface area contributed by atoms with Crippen molar-refractivity contribution in [1.82, 2.24) is 0 Å². The second kappa shape index (κ2) is 6.31. The van der Waals surface area contributed by atoms with Gasteiger partial charge in [0.1, 0.15) is 5.56 Å². The molecule has 0 atom stereocenters. The summed E-state index contributed by atoms with van der Waals surface area (Å²) in [7, 11) is -9.88. The maximum Gasteiger partial charge on any atom is 0.446 e. The standard InChI is InChI=1S/C11H15NO9S2/c1-11(2,3)12(13)7-8-9(20-22(14,15)16)5-4-6-10(8)21-23(17,18)19/h4-7H,1-3H3,(H,14,15,16)(H,17,18,19). The summed E-state index contributed by atoms with van der Waals surface area (Å²) in [5.74, 6) is -1.14. The third-order valence-electron chi connectivity index (χ3n) is 2.32. The number of hydrogen-bond acceptors (Lipinski definition) is 7. The maximum atomic E-state index is 12.0. The summed E-state index contributed by atoms with van der Waals surface area (Å²) in [6, 6.07) is 3.23. The van der Waals surface area contributed by atoms with Gasteiger partial charge in [-0.15, -0.1) is 0 Å². The SMILES string of the molecule is CC(C)(C)[N+]([O-])=Cc1c(OS(=O)(=O)O)cccc1OS(=O)(=O)O. The highest BCUT2D eigenvalue weighted by molar-refractivity contribution is 7.81. The lowest BCUT2D eigenvalue weighted by molar-refractivity contribution is -0.530. The van der Waals surface area contributed by atoms with Crippen LogP contribution in [0, 0.1) is 5.21 Å². The molecule has 0 aliphatic carbocycles. The Bertz CT molecular complexity index is 767. The van der Waals surface area contributed by atoms with Crippen LogP contribution in [0.3, 0.4) is 0 Å². The molecule has 0 aliphatic rings. The topological polar surface area (TPSA) is 153 Å². The average Bonchev–Trinajstić information content (AvgIpc) is 2.27. The highest BCUT2D eigenvalue weighted by Crippen LogP contribution is 2.29.